The van der Waals surface area contributed by atoms with Crippen molar-refractivity contribution in [2.75, 3.05) is 6.26 Å². The molecule has 0 saturated carbocycles. The third kappa shape index (κ3) is 3.86. The fraction of sp³-hybridized carbons (Fsp3) is 1.00. The van der Waals surface area contributed by atoms with Crippen LogP contribution >= 0.6 is 24.4 Å². The van der Waals surface area contributed by atoms with E-state index in [-0.39, 0.29) is 9.51 Å². The highest BCUT2D eigenvalue weighted by Crippen LogP contribution is 2.20. The minimum absolute atomic E-state index is 0.176. The zero-order valence-electron chi connectivity index (χ0n) is 6.69. The van der Waals surface area contributed by atoms with Crippen molar-refractivity contribution in [3.05, 3.63) is 10.1 Å². The minimum Gasteiger partial charge on any atom is -0.264 e. The van der Waals surface area contributed by atoms with Gasteiger partial charge in [0, 0.05) is 11.3 Å². The van der Waals surface area contributed by atoms with E-state index in [0.717, 1.165) is 6.42 Å². The summed E-state index contributed by atoms with van der Waals surface area (Å²) in [5, 5.41) is 10.4. The van der Waals surface area contributed by atoms with Gasteiger partial charge in [-0.2, -0.15) is 12.6 Å². The Balaban J connectivity index is 3.97. The van der Waals surface area contributed by atoms with Crippen LogP contribution in [0.5, 0.6) is 0 Å². The van der Waals surface area contributed by atoms with Gasteiger partial charge in [-0.3, -0.25) is 10.1 Å². The number of thiol groups is 1. The molecule has 0 N–H and O–H groups in total. The summed E-state index contributed by atoms with van der Waals surface area (Å²) in [6.45, 7) is 1.94. The molecule has 2 unspecified atom stereocenters. The Hall–Kier alpha value is 0.1000. The molecule has 5 heteroatoms. The van der Waals surface area contributed by atoms with Crippen LogP contribution in [-0.2, 0) is 0 Å². The maximum absolute atomic E-state index is 10.4. The van der Waals surface area contributed by atoms with Gasteiger partial charge in [0.25, 0.3) is 0 Å². The van der Waals surface area contributed by atoms with Crippen LogP contribution in [0.4, 0.5) is 0 Å². The van der Waals surface area contributed by atoms with E-state index in [9.17, 15) is 10.1 Å². The van der Waals surface area contributed by atoms with Crippen LogP contribution in [-0.4, -0.2) is 21.8 Å². The molecule has 0 rings (SSSR count). The summed E-state index contributed by atoms with van der Waals surface area (Å²) in [7, 11) is 0. The van der Waals surface area contributed by atoms with Crippen LogP contribution in [0.1, 0.15) is 19.8 Å². The molecule has 0 aromatic heterocycles. The van der Waals surface area contributed by atoms with E-state index in [1.165, 1.54) is 11.8 Å². The van der Waals surface area contributed by atoms with E-state index in [1.54, 1.807) is 0 Å². The second-order valence-electron chi connectivity index (χ2n) is 2.27. The number of thioether (sulfide) groups is 1. The van der Waals surface area contributed by atoms with Gasteiger partial charge in [-0.05, 0) is 12.7 Å². The van der Waals surface area contributed by atoms with Crippen LogP contribution in [0, 0.1) is 10.1 Å². The van der Waals surface area contributed by atoms with Gasteiger partial charge in [0.05, 0.1) is 0 Å². The highest BCUT2D eigenvalue weighted by Gasteiger charge is 2.26. The van der Waals surface area contributed by atoms with Crippen molar-refractivity contribution in [2.24, 2.45) is 0 Å². The fourth-order valence-corrected chi connectivity index (χ4v) is 1.61. The van der Waals surface area contributed by atoms with E-state index in [0.29, 0.717) is 6.42 Å². The second-order valence-corrected chi connectivity index (χ2v) is 4.15. The maximum Gasteiger partial charge on any atom is 0.233 e. The van der Waals surface area contributed by atoms with E-state index in [4.69, 9.17) is 0 Å². The normalized spacial score (nSPS) is 15.9. The predicted molar refractivity (Wildman–Crippen MR) is 52.0 cm³/mol. The standard InChI is InChI=1S/C6H13NO2S2/c1-3-4-5(7(8)9)6(10)11-2/h5-6,10H,3-4H2,1-2H3. The second kappa shape index (κ2) is 5.71. The summed E-state index contributed by atoms with van der Waals surface area (Å²) >= 11 is 5.54. The maximum atomic E-state index is 10.4. The molecule has 2 atom stereocenters. The number of nitro groups is 1. The molecule has 11 heavy (non-hydrogen) atoms. The van der Waals surface area contributed by atoms with Crippen LogP contribution in [0.2, 0.25) is 0 Å². The average Bonchev–Trinajstić information content (AvgIpc) is 1.98. The Morgan fingerprint density at radius 2 is 2.27 bits per heavy atom. The topological polar surface area (TPSA) is 43.1 Å². The van der Waals surface area contributed by atoms with Gasteiger partial charge in [0.15, 0.2) is 0 Å². The Morgan fingerprint density at radius 1 is 1.73 bits per heavy atom. The lowest BCUT2D eigenvalue weighted by Gasteiger charge is -2.12. The summed E-state index contributed by atoms with van der Waals surface area (Å²) in [4.78, 5) is 10.2. The molecule has 66 valence electrons. The molecule has 0 heterocycles. The number of hydrogen-bond donors (Lipinski definition) is 1. The number of nitrogens with zero attached hydrogens (tertiary/aromatic N) is 1. The van der Waals surface area contributed by atoms with Crippen molar-refractivity contribution in [3.63, 3.8) is 0 Å². The molecule has 0 aliphatic carbocycles. The molecule has 0 spiro atoms. The predicted octanol–water partition coefficient (Wildman–Crippen LogP) is 2.05. The van der Waals surface area contributed by atoms with Crippen LogP contribution in [0.25, 0.3) is 0 Å². The first-order valence-corrected chi connectivity index (χ1v) is 5.28. The quantitative estimate of drug-likeness (QED) is 0.316. The summed E-state index contributed by atoms with van der Waals surface area (Å²) in [6, 6.07) is -0.502. The first-order valence-electron chi connectivity index (χ1n) is 3.47. The SMILES string of the molecule is CCCC(C(S)SC)[N+](=O)[O-]. The largest absolute Gasteiger partial charge is 0.264 e. The molecule has 0 bridgehead atoms. The summed E-state index contributed by atoms with van der Waals surface area (Å²) in [5.41, 5.74) is 0. The lowest BCUT2D eigenvalue weighted by atomic mass is 10.2. The van der Waals surface area contributed by atoms with Crippen molar-refractivity contribution < 1.29 is 4.92 Å². The molecule has 0 fully saturated rings. The van der Waals surface area contributed by atoms with Gasteiger partial charge >= 0.3 is 0 Å². The molecule has 0 saturated heterocycles. The van der Waals surface area contributed by atoms with Gasteiger partial charge in [-0.1, -0.05) is 6.92 Å². The summed E-state index contributed by atoms with van der Waals surface area (Å²) in [5.74, 6) is 0. The van der Waals surface area contributed by atoms with Gasteiger partial charge in [0.2, 0.25) is 6.04 Å². The lowest BCUT2D eigenvalue weighted by molar-refractivity contribution is -0.519. The number of rotatable bonds is 5. The Morgan fingerprint density at radius 3 is 2.55 bits per heavy atom. The van der Waals surface area contributed by atoms with Crippen LogP contribution in [0.15, 0.2) is 0 Å². The summed E-state index contributed by atoms with van der Waals surface area (Å²) in [6.07, 6.45) is 3.29. The molecule has 0 aromatic rings. The number of hydrogen-bond acceptors (Lipinski definition) is 4. The summed E-state index contributed by atoms with van der Waals surface area (Å²) < 4.78 is -0.176. The van der Waals surface area contributed by atoms with Crippen molar-refractivity contribution >= 4 is 24.4 Å². The van der Waals surface area contributed by atoms with E-state index >= 15 is 0 Å². The van der Waals surface area contributed by atoms with E-state index < -0.39 is 6.04 Å². The molecule has 0 aliphatic heterocycles. The third-order valence-electron chi connectivity index (χ3n) is 1.43. The third-order valence-corrected chi connectivity index (χ3v) is 3.20. The average molecular weight is 195 g/mol. The van der Waals surface area contributed by atoms with Crippen LogP contribution < -0.4 is 0 Å². The molecule has 3 nitrogen and oxygen atoms in total. The first kappa shape index (κ1) is 11.1. The van der Waals surface area contributed by atoms with E-state index in [1.807, 2.05) is 13.2 Å². The Labute approximate surface area is 76.5 Å². The monoisotopic (exact) mass is 195 g/mol. The first-order chi connectivity index (χ1) is 5.13. The van der Waals surface area contributed by atoms with E-state index in [2.05, 4.69) is 12.6 Å². The molecule has 0 radical (unpaired) electrons. The highest BCUT2D eigenvalue weighted by atomic mass is 32.2. The smallest absolute Gasteiger partial charge is 0.233 e. The minimum atomic E-state index is -0.502. The van der Waals surface area contributed by atoms with Crippen molar-refractivity contribution in [2.45, 2.75) is 30.4 Å². The Kier molecular flexibility index (Phi) is 5.76. The van der Waals surface area contributed by atoms with Crippen molar-refractivity contribution in [3.8, 4) is 0 Å². The van der Waals surface area contributed by atoms with Crippen LogP contribution in [0.3, 0.4) is 0 Å². The van der Waals surface area contributed by atoms with Gasteiger partial charge in [-0.15, -0.1) is 11.8 Å². The van der Waals surface area contributed by atoms with Gasteiger partial charge < -0.3 is 0 Å². The molecule has 0 aliphatic rings. The highest BCUT2D eigenvalue weighted by molar-refractivity contribution is 8.09. The fourth-order valence-electron chi connectivity index (χ4n) is 0.805. The Bertz CT molecular complexity index is 132. The molecular formula is C6H13NO2S2. The van der Waals surface area contributed by atoms with Gasteiger partial charge in [0.1, 0.15) is 4.58 Å². The van der Waals surface area contributed by atoms with Crippen molar-refractivity contribution in [1.82, 2.24) is 0 Å². The zero-order chi connectivity index (χ0) is 8.85. The van der Waals surface area contributed by atoms with Crippen molar-refractivity contribution in [1.29, 1.82) is 0 Å². The molecular weight excluding hydrogens is 182 g/mol. The molecule has 0 amide bonds. The zero-order valence-corrected chi connectivity index (χ0v) is 8.40. The van der Waals surface area contributed by atoms with Gasteiger partial charge in [-0.25, -0.2) is 0 Å². The lowest BCUT2D eigenvalue weighted by Crippen LogP contribution is -2.27. The molecule has 0 aromatic carbocycles.